The van der Waals surface area contributed by atoms with Crippen molar-refractivity contribution >= 4 is 34.1 Å². The molecule has 1 aliphatic carbocycles. The number of hydrogen-bond donors (Lipinski definition) is 3. The molecule has 0 radical (unpaired) electrons. The van der Waals surface area contributed by atoms with Crippen LogP contribution in [0.5, 0.6) is 0 Å². The van der Waals surface area contributed by atoms with E-state index in [1.807, 2.05) is 35.0 Å². The lowest BCUT2D eigenvalue weighted by Gasteiger charge is -2.13. The fourth-order valence-corrected chi connectivity index (χ4v) is 8.63. The van der Waals surface area contributed by atoms with E-state index in [2.05, 4.69) is 67.7 Å². The zero-order valence-corrected chi connectivity index (χ0v) is 29.5. The molecular weight excluding hydrogens is 611 g/mol. The summed E-state index contributed by atoms with van der Waals surface area (Å²) in [6.45, 7) is 7.14. The van der Waals surface area contributed by atoms with Gasteiger partial charge in [-0.1, -0.05) is 101 Å². The van der Waals surface area contributed by atoms with Crippen molar-refractivity contribution in [2.75, 3.05) is 13.1 Å². The van der Waals surface area contributed by atoms with Gasteiger partial charge in [0.2, 0.25) is 0 Å². The van der Waals surface area contributed by atoms with Gasteiger partial charge in [0.25, 0.3) is 0 Å². The fraction of sp³-hybridized carbons (Fsp3) is 0.476. The van der Waals surface area contributed by atoms with Crippen LogP contribution in [0.4, 0.5) is 0 Å². The zero-order chi connectivity index (χ0) is 32.1. The summed E-state index contributed by atoms with van der Waals surface area (Å²) in [5, 5.41) is 24.0. The first-order valence-electron chi connectivity index (χ1n) is 17.5. The fourth-order valence-electron chi connectivity index (χ4n) is 7.27. The molecule has 5 heteroatoms. The van der Waals surface area contributed by atoms with Crippen molar-refractivity contribution in [1.82, 2.24) is 5.32 Å². The van der Waals surface area contributed by atoms with Gasteiger partial charge in [0.15, 0.2) is 0 Å². The number of thiophene rings is 2. The van der Waals surface area contributed by atoms with E-state index in [9.17, 15) is 0 Å². The largest absolute Gasteiger partial charge is 0.316 e. The summed E-state index contributed by atoms with van der Waals surface area (Å²) in [6, 6.07) is 25.8. The van der Waals surface area contributed by atoms with Crippen LogP contribution in [-0.2, 0) is 25.7 Å². The Morgan fingerprint density at radius 1 is 0.702 bits per heavy atom. The van der Waals surface area contributed by atoms with Crippen molar-refractivity contribution in [3.8, 4) is 0 Å². The monoisotopic (exact) mass is 667 g/mol. The Labute approximate surface area is 293 Å². The Balaban J connectivity index is 0.000000208. The van der Waals surface area contributed by atoms with Crippen LogP contribution >= 0.6 is 22.7 Å². The molecule has 252 valence electrons. The Kier molecular flexibility index (Phi) is 15.1. The molecule has 2 aliphatic rings. The number of benzene rings is 2. The van der Waals surface area contributed by atoms with Crippen LogP contribution in [0.15, 0.2) is 83.6 Å². The highest BCUT2D eigenvalue weighted by atomic mass is 32.1. The first kappa shape index (κ1) is 37.0. The molecule has 1 saturated carbocycles. The molecule has 2 aromatic heterocycles. The molecule has 3 heterocycles. The summed E-state index contributed by atoms with van der Waals surface area (Å²) >= 11 is 3.31. The highest BCUT2D eigenvalue weighted by Gasteiger charge is 2.22. The van der Waals surface area contributed by atoms with Gasteiger partial charge in [-0.25, -0.2) is 0 Å². The SMILES string of the molecule is C.CC1CCC(CCCc2cccc(CC(=N)c3cccs3)c2)C1.CC1CNCC1CCCc1cccc(CC(=N)c2cccs2)c1. The third-order valence-electron chi connectivity index (χ3n) is 9.98. The van der Waals surface area contributed by atoms with E-state index in [0.29, 0.717) is 0 Å². The van der Waals surface area contributed by atoms with Gasteiger partial charge in [-0.3, -0.25) is 0 Å². The van der Waals surface area contributed by atoms with Crippen molar-refractivity contribution in [3.05, 3.63) is 116 Å². The third kappa shape index (κ3) is 12.0. The summed E-state index contributed by atoms with van der Waals surface area (Å²) in [5.41, 5.74) is 6.85. The van der Waals surface area contributed by atoms with E-state index in [4.69, 9.17) is 10.8 Å². The van der Waals surface area contributed by atoms with Crippen molar-refractivity contribution in [2.45, 2.75) is 91.9 Å². The van der Waals surface area contributed by atoms with Crippen LogP contribution in [0.2, 0.25) is 0 Å². The summed E-state index contributed by atoms with van der Waals surface area (Å²) in [7, 11) is 0. The molecule has 3 N–H and O–H groups in total. The minimum Gasteiger partial charge on any atom is -0.316 e. The second-order valence-corrected chi connectivity index (χ2v) is 15.8. The maximum absolute atomic E-state index is 8.23. The minimum absolute atomic E-state index is 0. The molecule has 2 aromatic carbocycles. The van der Waals surface area contributed by atoms with Gasteiger partial charge in [0.1, 0.15) is 0 Å². The average Bonchev–Trinajstić information content (AvgIpc) is 3.88. The Bertz CT molecular complexity index is 1490. The van der Waals surface area contributed by atoms with Crippen LogP contribution in [0.25, 0.3) is 0 Å². The summed E-state index contributed by atoms with van der Waals surface area (Å²) in [5.74, 6) is 3.60. The smallest absolute Gasteiger partial charge is 0.0529 e. The number of rotatable bonds is 14. The predicted octanol–water partition coefficient (Wildman–Crippen LogP) is 11.3. The summed E-state index contributed by atoms with van der Waals surface area (Å²) in [6.07, 6.45) is 13.4. The van der Waals surface area contributed by atoms with E-state index in [-0.39, 0.29) is 7.43 Å². The molecule has 4 atom stereocenters. The molecule has 6 rings (SSSR count). The molecule has 4 aromatic rings. The van der Waals surface area contributed by atoms with Crippen LogP contribution in [0.3, 0.4) is 0 Å². The molecular formula is C42H57N3S2. The lowest BCUT2D eigenvalue weighted by molar-refractivity contribution is 0.411. The molecule has 0 amide bonds. The normalized spacial score (nSPS) is 20.3. The Hall–Kier alpha value is -2.86. The highest BCUT2D eigenvalue weighted by Crippen LogP contribution is 2.33. The van der Waals surface area contributed by atoms with E-state index in [1.54, 1.807) is 22.7 Å². The van der Waals surface area contributed by atoms with Gasteiger partial charge in [0.05, 0.1) is 11.4 Å². The maximum Gasteiger partial charge on any atom is 0.0529 e. The zero-order valence-electron chi connectivity index (χ0n) is 27.9. The van der Waals surface area contributed by atoms with E-state index in [1.165, 1.54) is 86.7 Å². The molecule has 0 bridgehead atoms. The van der Waals surface area contributed by atoms with Crippen LogP contribution < -0.4 is 5.32 Å². The van der Waals surface area contributed by atoms with Gasteiger partial charge in [-0.2, -0.15) is 0 Å². The van der Waals surface area contributed by atoms with Gasteiger partial charge < -0.3 is 16.1 Å². The van der Waals surface area contributed by atoms with Gasteiger partial charge in [0, 0.05) is 22.6 Å². The third-order valence-corrected chi connectivity index (χ3v) is 11.8. The van der Waals surface area contributed by atoms with E-state index >= 15 is 0 Å². The first-order chi connectivity index (χ1) is 22.4. The molecule has 2 fully saturated rings. The molecule has 1 aliphatic heterocycles. The second kappa shape index (κ2) is 19.2. The van der Waals surface area contributed by atoms with Crippen LogP contribution in [0.1, 0.15) is 98.2 Å². The van der Waals surface area contributed by atoms with Crippen LogP contribution in [-0.4, -0.2) is 24.5 Å². The van der Waals surface area contributed by atoms with E-state index < -0.39 is 0 Å². The first-order valence-corrected chi connectivity index (χ1v) is 19.3. The van der Waals surface area contributed by atoms with Crippen molar-refractivity contribution in [2.24, 2.45) is 23.7 Å². The average molecular weight is 668 g/mol. The number of aryl methyl sites for hydroxylation is 2. The van der Waals surface area contributed by atoms with Gasteiger partial charge in [-0.15, -0.1) is 22.7 Å². The van der Waals surface area contributed by atoms with Crippen molar-refractivity contribution < 1.29 is 0 Å². The molecule has 3 nitrogen and oxygen atoms in total. The van der Waals surface area contributed by atoms with Gasteiger partial charge >= 0.3 is 0 Å². The van der Waals surface area contributed by atoms with Gasteiger partial charge in [-0.05, 0) is 120 Å². The van der Waals surface area contributed by atoms with Crippen LogP contribution in [0, 0.1) is 34.5 Å². The molecule has 4 unspecified atom stereocenters. The predicted molar refractivity (Wildman–Crippen MR) is 207 cm³/mol. The number of hydrogen-bond acceptors (Lipinski definition) is 5. The quantitative estimate of drug-likeness (QED) is 0.115. The standard InChI is InChI=1S/C21H27NS.C20H26N2S.CH4/c1-16-10-11-18(13-16)7-2-5-17-6-3-8-19(14-17)15-20(22)21-9-4-12-23-21;1-15-13-22-14-18(15)8-3-6-16-5-2-7-17(11-16)12-19(21)20-9-4-10-23-20;/h3-4,6,8-9,12,14,16,18,22H,2,5,7,10-11,13,15H2,1H3;2,4-5,7,9-11,15,18,21-22H,3,6,8,12-14H2,1H3;1H4. The Morgan fingerprint density at radius 2 is 1.26 bits per heavy atom. The van der Waals surface area contributed by atoms with Crippen molar-refractivity contribution in [3.63, 3.8) is 0 Å². The highest BCUT2D eigenvalue weighted by molar-refractivity contribution is 7.12. The maximum atomic E-state index is 8.23. The number of nitrogens with one attached hydrogen (secondary N) is 3. The van der Waals surface area contributed by atoms with E-state index in [0.717, 1.165) is 64.1 Å². The summed E-state index contributed by atoms with van der Waals surface area (Å²) in [4.78, 5) is 2.17. The lowest BCUT2D eigenvalue weighted by atomic mass is 9.91. The summed E-state index contributed by atoms with van der Waals surface area (Å²) < 4.78 is 0. The molecule has 0 spiro atoms. The topological polar surface area (TPSA) is 59.7 Å². The second-order valence-electron chi connectivity index (χ2n) is 13.9. The molecule has 47 heavy (non-hydrogen) atoms. The Morgan fingerprint density at radius 3 is 1.72 bits per heavy atom. The van der Waals surface area contributed by atoms with Crippen molar-refractivity contribution in [1.29, 1.82) is 10.8 Å². The minimum atomic E-state index is 0. The lowest BCUT2D eigenvalue weighted by Crippen LogP contribution is -2.10. The molecule has 1 saturated heterocycles.